The van der Waals surface area contributed by atoms with Crippen LogP contribution in [0.4, 0.5) is 0 Å². The minimum Gasteiger partial charge on any atom is -0.508 e. The number of carbonyl (C=O) groups is 9. The molecule has 3 aromatic rings. The SMILES string of the molecule is CC(C)SCCC(=O)N1[C@@H](c2ccccc2O)SC[C@H]1C(=O)C(C)C.CC(C)SC[C@@H](C)C(=O)N(CC(=O)C(C)C)C1CCCC1.CC(C)SC[C@@H](C)C(=O)N1CCC[C@H]1C(=O)N[C@@H](Cc1ccccc1)C(=O)C(C)C.CC(C)SC[C@@H](C)C(=O)N1C[C@@H](Sc2ccccc2)C[C@H]1C(=O)C(C)C. The molecule has 0 unspecified atom stereocenters. The highest BCUT2D eigenvalue weighted by Crippen LogP contribution is 2.46. The van der Waals surface area contributed by atoms with Crippen LogP contribution < -0.4 is 5.32 Å². The van der Waals surface area contributed by atoms with Crippen molar-refractivity contribution in [2.24, 2.45) is 41.4 Å². The minimum absolute atomic E-state index is 0.00189. The zero-order valence-electron chi connectivity index (χ0n) is 64.9. The molecule has 1 saturated carbocycles. The van der Waals surface area contributed by atoms with E-state index in [1.165, 1.54) is 17.7 Å². The maximum atomic E-state index is 13.1. The van der Waals surface area contributed by atoms with E-state index in [0.717, 1.165) is 54.3 Å². The Bertz CT molecular complexity index is 3090. The van der Waals surface area contributed by atoms with E-state index in [2.05, 4.69) is 72.8 Å². The van der Waals surface area contributed by atoms with Crippen molar-refractivity contribution in [1.29, 1.82) is 0 Å². The molecule has 570 valence electrons. The van der Waals surface area contributed by atoms with E-state index >= 15 is 0 Å². The average Bonchev–Trinajstić information content (AvgIpc) is 1.64. The van der Waals surface area contributed by atoms with Gasteiger partial charge in [-0.15, -0.1) is 23.5 Å². The number of carbonyl (C=O) groups excluding carboxylic acids is 9. The van der Waals surface area contributed by atoms with E-state index in [-0.39, 0.29) is 123 Å². The molecule has 0 radical (unpaired) electrons. The first kappa shape index (κ1) is 90.0. The number of Topliss-reactive ketones (excluding diaryl/α,β-unsaturated/α-hetero) is 4. The number of likely N-dealkylation sites (tertiary alicyclic amines) is 2. The first-order valence-corrected chi connectivity index (χ1v) is 43.6. The third kappa shape index (κ3) is 29.7. The van der Waals surface area contributed by atoms with Gasteiger partial charge in [-0.2, -0.15) is 47.0 Å². The summed E-state index contributed by atoms with van der Waals surface area (Å²) in [7, 11) is 0. The lowest BCUT2D eigenvalue weighted by Gasteiger charge is -2.31. The molecule has 21 heteroatoms. The fourth-order valence-electron chi connectivity index (χ4n) is 12.4. The van der Waals surface area contributed by atoms with Crippen LogP contribution in [0.3, 0.4) is 0 Å². The molecule has 3 aliphatic heterocycles. The van der Waals surface area contributed by atoms with Gasteiger partial charge in [0, 0.05) is 111 Å². The highest BCUT2D eigenvalue weighted by Gasteiger charge is 2.45. The minimum atomic E-state index is -0.577. The normalized spacial score (nSPS) is 19.5. The maximum absolute atomic E-state index is 13.1. The Kier molecular flexibility index (Phi) is 40.5. The van der Waals surface area contributed by atoms with Crippen LogP contribution in [0.15, 0.2) is 89.8 Å². The Morgan fingerprint density at radius 1 is 0.559 bits per heavy atom. The molecule has 0 bridgehead atoms. The van der Waals surface area contributed by atoms with Crippen molar-refractivity contribution < 1.29 is 48.3 Å². The van der Waals surface area contributed by atoms with Crippen molar-refractivity contribution in [3.63, 3.8) is 0 Å². The number of phenolic OH excluding ortho intramolecular Hbond substituents is 1. The van der Waals surface area contributed by atoms with Crippen molar-refractivity contribution in [3.05, 3.63) is 96.1 Å². The number of benzene rings is 3. The standard InChI is InChI=1S/C24H36N2O3S.C21H31NO2S2.C19H27NO3S2.C17H31NO2S/c1-16(2)22(27)20(14-19-10-7-6-8-11-19)25-23(28)21-12-9-13-26(21)24(29)18(5)15-30-17(3)4;1-14(2)20(23)19-11-18(26-17-9-7-6-8-10-17)12-22(19)21(24)16(5)13-25-15(3)4;1-12(2)18(23)15-11-25-19(14-7-5-6-8-16(14)21)20(15)17(22)9-10-24-13(3)4;1-12(2)16(19)10-18(15-8-6-7-9-15)17(20)14(5)11-21-13(3)4/h6-8,10-11,16-18,20-21H,9,12-15H2,1-5H3,(H,25,28);6-10,14-16,18-19H,11-13H2,1-5H3;5-8,12-13,15,19,21H,9-11H2,1-4H3;12-15H,6-11H2,1-5H3/t18-,20+,21+;16-,18+,19+;15-,19+;14-/m1101/s1. The number of aromatic hydroxyl groups is 1. The fraction of sp³-hybridized carbons (Fsp3) is 0.667. The zero-order chi connectivity index (χ0) is 76.1. The van der Waals surface area contributed by atoms with Gasteiger partial charge in [0.2, 0.25) is 29.5 Å². The van der Waals surface area contributed by atoms with Crippen LogP contribution in [-0.4, -0.2) is 182 Å². The molecule has 3 aromatic carbocycles. The summed E-state index contributed by atoms with van der Waals surface area (Å²) in [6, 6.07) is 25.6. The summed E-state index contributed by atoms with van der Waals surface area (Å²) in [4.78, 5) is 123. The number of ketones is 4. The third-order valence-electron chi connectivity index (χ3n) is 18.3. The number of phenols is 1. The smallest absolute Gasteiger partial charge is 0.243 e. The number of nitrogens with one attached hydrogen (secondary N) is 1. The lowest BCUT2D eigenvalue weighted by molar-refractivity contribution is -0.141. The molecule has 4 aliphatic rings. The van der Waals surface area contributed by atoms with E-state index < -0.39 is 18.1 Å². The van der Waals surface area contributed by atoms with Gasteiger partial charge in [-0.3, -0.25) is 43.2 Å². The first-order chi connectivity index (χ1) is 48.1. The van der Waals surface area contributed by atoms with Gasteiger partial charge in [-0.1, -0.05) is 211 Å². The van der Waals surface area contributed by atoms with Crippen LogP contribution in [-0.2, 0) is 49.6 Å². The van der Waals surface area contributed by atoms with Crippen molar-refractivity contribution in [2.75, 3.05) is 48.4 Å². The van der Waals surface area contributed by atoms with E-state index in [0.29, 0.717) is 71.2 Å². The summed E-state index contributed by atoms with van der Waals surface area (Å²) < 4.78 is 0. The predicted molar refractivity (Wildman–Crippen MR) is 433 cm³/mol. The Morgan fingerprint density at radius 2 is 1.07 bits per heavy atom. The van der Waals surface area contributed by atoms with E-state index in [1.807, 2.05) is 170 Å². The van der Waals surface area contributed by atoms with Crippen molar-refractivity contribution in [2.45, 2.75) is 256 Å². The van der Waals surface area contributed by atoms with Crippen molar-refractivity contribution in [3.8, 4) is 5.75 Å². The Labute approximate surface area is 639 Å². The molecular weight excluding hydrogens is 1400 g/mol. The highest BCUT2D eigenvalue weighted by atomic mass is 32.2. The number of nitrogens with zero attached hydrogens (tertiary/aromatic N) is 4. The van der Waals surface area contributed by atoms with Crippen LogP contribution in [0.5, 0.6) is 5.75 Å². The second-order valence-electron chi connectivity index (χ2n) is 30.0. The van der Waals surface area contributed by atoms with E-state index in [9.17, 15) is 48.3 Å². The van der Waals surface area contributed by atoms with Crippen LogP contribution in [0.2, 0.25) is 0 Å². The average molecular weight is 1520 g/mol. The van der Waals surface area contributed by atoms with Gasteiger partial charge in [0.15, 0.2) is 23.1 Å². The predicted octanol–water partition coefficient (Wildman–Crippen LogP) is 16.3. The molecule has 3 heterocycles. The number of hydrogen-bond acceptors (Lipinski definition) is 16. The van der Waals surface area contributed by atoms with Gasteiger partial charge in [0.05, 0.1) is 18.6 Å². The van der Waals surface area contributed by atoms with Crippen molar-refractivity contribution >= 4 is 123 Å². The number of thioether (sulfide) groups is 6. The molecular formula is C81H125N5O10S6. The second-order valence-corrected chi connectivity index (χ2v) is 39.0. The number of hydrogen-bond donors (Lipinski definition) is 2. The number of para-hydroxylation sites is 1. The molecule has 9 atom stereocenters. The molecule has 3 saturated heterocycles. The second kappa shape index (κ2) is 46.0. The summed E-state index contributed by atoms with van der Waals surface area (Å²) in [6.07, 6.45) is 7.57. The Morgan fingerprint density at radius 3 is 1.59 bits per heavy atom. The van der Waals surface area contributed by atoms with Gasteiger partial charge in [0.1, 0.15) is 23.2 Å². The Hall–Kier alpha value is -4.41. The number of amides is 5. The third-order valence-corrected chi connectivity index (χ3v) is 26.0. The van der Waals surface area contributed by atoms with E-state index in [1.54, 1.807) is 69.0 Å². The molecule has 5 amide bonds. The largest absolute Gasteiger partial charge is 0.508 e. The van der Waals surface area contributed by atoms with Crippen LogP contribution in [0, 0.1) is 41.4 Å². The van der Waals surface area contributed by atoms with Crippen molar-refractivity contribution in [1.82, 2.24) is 24.9 Å². The monoisotopic (exact) mass is 1520 g/mol. The highest BCUT2D eigenvalue weighted by molar-refractivity contribution is 8.01. The van der Waals surface area contributed by atoms with Crippen LogP contribution in [0.25, 0.3) is 0 Å². The molecule has 2 N–H and O–H groups in total. The van der Waals surface area contributed by atoms with Gasteiger partial charge < -0.3 is 30.0 Å². The van der Waals surface area contributed by atoms with Gasteiger partial charge in [-0.25, -0.2) is 0 Å². The summed E-state index contributed by atoms with van der Waals surface area (Å²) in [5, 5.41) is 15.2. The molecule has 15 nitrogen and oxygen atoms in total. The van der Waals surface area contributed by atoms with Gasteiger partial charge in [0.25, 0.3) is 0 Å². The molecule has 1 aliphatic carbocycles. The molecule has 7 rings (SSSR count). The first-order valence-electron chi connectivity index (χ1n) is 37.4. The molecule has 0 aromatic heterocycles. The summed E-state index contributed by atoms with van der Waals surface area (Å²) >= 11 is 10.5. The maximum Gasteiger partial charge on any atom is 0.243 e. The van der Waals surface area contributed by atoms with Crippen LogP contribution in [0.1, 0.15) is 199 Å². The zero-order valence-corrected chi connectivity index (χ0v) is 69.8. The summed E-state index contributed by atoms with van der Waals surface area (Å²) in [5.41, 5.74) is 1.71. The van der Waals surface area contributed by atoms with Crippen LogP contribution >= 0.6 is 70.6 Å². The summed E-state index contributed by atoms with van der Waals surface area (Å²) in [6.45, 7) is 39.7. The lowest BCUT2D eigenvalue weighted by atomic mass is 9.95. The van der Waals surface area contributed by atoms with Gasteiger partial charge in [-0.05, 0) is 83.3 Å². The number of rotatable bonds is 33. The molecule has 4 fully saturated rings. The fourth-order valence-corrected chi connectivity index (χ4v) is 18.3. The topological polar surface area (TPSA) is 199 Å². The molecule has 102 heavy (non-hydrogen) atoms. The molecule has 0 spiro atoms. The van der Waals surface area contributed by atoms with E-state index in [4.69, 9.17) is 0 Å². The van der Waals surface area contributed by atoms with Gasteiger partial charge >= 0.3 is 0 Å². The Balaban J connectivity index is 0.000000290. The quantitative estimate of drug-likeness (QED) is 0.0583. The summed E-state index contributed by atoms with van der Waals surface area (Å²) in [5.74, 6) is 4.01. The lowest BCUT2D eigenvalue weighted by Crippen LogP contribution is -2.53.